The second-order valence-electron chi connectivity index (χ2n) is 5.22. The fourth-order valence-corrected chi connectivity index (χ4v) is 3.77. The second-order valence-corrected chi connectivity index (χ2v) is 6.94. The third-order valence-corrected chi connectivity index (χ3v) is 5.04. The average Bonchev–Trinajstić information content (AvgIpc) is 2.38. The minimum atomic E-state index is -3.65. The molecule has 1 aromatic rings. The molecule has 110 valence electrons. The van der Waals surface area contributed by atoms with E-state index in [9.17, 15) is 18.3 Å². The lowest BCUT2D eigenvalue weighted by Crippen LogP contribution is -2.39. The molecule has 20 heavy (non-hydrogen) atoms. The van der Waals surface area contributed by atoms with Gasteiger partial charge < -0.3 is 5.11 Å². The van der Waals surface area contributed by atoms with E-state index in [1.54, 1.807) is 12.1 Å². The molecule has 0 aromatic heterocycles. The summed E-state index contributed by atoms with van der Waals surface area (Å²) in [6.45, 7) is 1.40. The number of carbonyl (C=O) groups excluding carboxylic acids is 1. The number of benzene rings is 1. The normalized spacial score (nSPS) is 23.5. The van der Waals surface area contributed by atoms with E-state index in [4.69, 9.17) is 0 Å². The molecule has 1 aliphatic rings. The van der Waals surface area contributed by atoms with Crippen molar-refractivity contribution in [3.8, 4) is 0 Å². The van der Waals surface area contributed by atoms with Gasteiger partial charge in [0, 0.05) is 11.6 Å². The van der Waals surface area contributed by atoms with Crippen molar-refractivity contribution in [1.29, 1.82) is 0 Å². The van der Waals surface area contributed by atoms with E-state index in [1.165, 1.54) is 19.1 Å². The molecule has 2 unspecified atom stereocenters. The van der Waals surface area contributed by atoms with E-state index in [-0.39, 0.29) is 16.7 Å². The molecular weight excluding hydrogens is 278 g/mol. The minimum absolute atomic E-state index is 0.0882. The van der Waals surface area contributed by atoms with Crippen molar-refractivity contribution in [1.82, 2.24) is 4.72 Å². The highest BCUT2D eigenvalue weighted by Crippen LogP contribution is 2.21. The molecule has 1 aromatic carbocycles. The first-order valence-corrected chi connectivity index (χ1v) is 8.18. The summed E-state index contributed by atoms with van der Waals surface area (Å²) in [6.07, 6.45) is 2.24. The van der Waals surface area contributed by atoms with Crippen LogP contribution in [-0.4, -0.2) is 31.5 Å². The van der Waals surface area contributed by atoms with Crippen molar-refractivity contribution in [2.45, 2.75) is 49.6 Å². The number of carbonyl (C=O) groups is 1. The van der Waals surface area contributed by atoms with Gasteiger partial charge in [0.25, 0.3) is 0 Å². The van der Waals surface area contributed by atoms with Crippen LogP contribution in [0.15, 0.2) is 29.2 Å². The molecule has 6 heteroatoms. The van der Waals surface area contributed by atoms with Crippen LogP contribution in [0.4, 0.5) is 0 Å². The smallest absolute Gasteiger partial charge is 0.240 e. The summed E-state index contributed by atoms with van der Waals surface area (Å²) in [7, 11) is -3.65. The summed E-state index contributed by atoms with van der Waals surface area (Å²) < 4.78 is 27.2. The molecule has 0 saturated heterocycles. The van der Waals surface area contributed by atoms with Crippen LogP contribution in [0.1, 0.15) is 43.0 Å². The molecule has 0 aliphatic heterocycles. The summed E-state index contributed by atoms with van der Waals surface area (Å²) in [5.74, 6) is -0.171. The van der Waals surface area contributed by atoms with Gasteiger partial charge in [-0.2, -0.15) is 0 Å². The lowest BCUT2D eigenvalue weighted by atomic mass is 9.94. The van der Waals surface area contributed by atoms with Gasteiger partial charge in [-0.05, 0) is 44.7 Å². The quantitative estimate of drug-likeness (QED) is 0.824. The highest BCUT2D eigenvalue weighted by Gasteiger charge is 2.25. The SMILES string of the molecule is CC(=O)c1cccc(S(=O)(=O)NC2CCCC(O)C2)c1. The van der Waals surface area contributed by atoms with Crippen LogP contribution < -0.4 is 4.72 Å². The van der Waals surface area contributed by atoms with Gasteiger partial charge in [0.05, 0.1) is 11.0 Å². The highest BCUT2D eigenvalue weighted by atomic mass is 32.2. The number of ketones is 1. The molecule has 0 radical (unpaired) electrons. The van der Waals surface area contributed by atoms with Crippen LogP contribution >= 0.6 is 0 Å². The maximum absolute atomic E-state index is 12.3. The predicted molar refractivity (Wildman–Crippen MR) is 75.0 cm³/mol. The van der Waals surface area contributed by atoms with Crippen LogP contribution in [0.25, 0.3) is 0 Å². The van der Waals surface area contributed by atoms with Crippen molar-refractivity contribution >= 4 is 15.8 Å². The summed E-state index contributed by atoms with van der Waals surface area (Å²) in [5, 5.41) is 9.58. The number of rotatable bonds is 4. The lowest BCUT2D eigenvalue weighted by Gasteiger charge is -2.26. The van der Waals surface area contributed by atoms with Crippen molar-refractivity contribution < 1.29 is 18.3 Å². The second kappa shape index (κ2) is 6.03. The number of Topliss-reactive ketones (excluding diaryl/α,β-unsaturated/α-hetero) is 1. The van der Waals surface area contributed by atoms with Crippen LogP contribution in [-0.2, 0) is 10.0 Å². The third kappa shape index (κ3) is 3.65. The van der Waals surface area contributed by atoms with Crippen molar-refractivity contribution in [3.05, 3.63) is 29.8 Å². The summed E-state index contributed by atoms with van der Waals surface area (Å²) in [5.41, 5.74) is 0.372. The van der Waals surface area contributed by atoms with Gasteiger partial charge in [0.1, 0.15) is 0 Å². The first-order valence-electron chi connectivity index (χ1n) is 6.70. The first-order chi connectivity index (χ1) is 9.38. The topological polar surface area (TPSA) is 83.5 Å². The van der Waals surface area contributed by atoms with Crippen LogP contribution in [0.2, 0.25) is 0 Å². The van der Waals surface area contributed by atoms with Crippen molar-refractivity contribution in [3.63, 3.8) is 0 Å². The van der Waals surface area contributed by atoms with Gasteiger partial charge in [0.15, 0.2) is 5.78 Å². The summed E-state index contributed by atoms with van der Waals surface area (Å²) >= 11 is 0. The molecule has 0 amide bonds. The van der Waals surface area contributed by atoms with Gasteiger partial charge in [-0.3, -0.25) is 4.79 Å². The van der Waals surface area contributed by atoms with E-state index >= 15 is 0 Å². The van der Waals surface area contributed by atoms with Crippen molar-refractivity contribution in [2.75, 3.05) is 0 Å². The number of hydrogen-bond donors (Lipinski definition) is 2. The molecule has 2 atom stereocenters. The minimum Gasteiger partial charge on any atom is -0.393 e. The zero-order chi connectivity index (χ0) is 14.8. The lowest BCUT2D eigenvalue weighted by molar-refractivity contribution is 0.101. The van der Waals surface area contributed by atoms with Crippen LogP contribution in [0.5, 0.6) is 0 Å². The van der Waals surface area contributed by atoms with E-state index in [0.717, 1.165) is 19.3 Å². The monoisotopic (exact) mass is 297 g/mol. The van der Waals surface area contributed by atoms with Crippen molar-refractivity contribution in [2.24, 2.45) is 0 Å². The molecule has 1 aliphatic carbocycles. The molecule has 0 heterocycles. The Hall–Kier alpha value is -1.24. The van der Waals surface area contributed by atoms with Gasteiger partial charge >= 0.3 is 0 Å². The molecular formula is C14H19NO4S. The Labute approximate surface area is 119 Å². The molecule has 5 nitrogen and oxygen atoms in total. The highest BCUT2D eigenvalue weighted by molar-refractivity contribution is 7.89. The first kappa shape index (κ1) is 15.2. The van der Waals surface area contributed by atoms with Gasteiger partial charge in [-0.15, -0.1) is 0 Å². The Balaban J connectivity index is 2.17. The molecule has 1 saturated carbocycles. The standard InChI is InChI=1S/C14H19NO4S/c1-10(16)11-4-2-7-14(8-11)20(18,19)15-12-5-3-6-13(17)9-12/h2,4,7-8,12-13,15,17H,3,5-6,9H2,1H3. The molecule has 2 N–H and O–H groups in total. The number of sulfonamides is 1. The number of aliphatic hydroxyl groups excluding tert-OH is 1. The van der Waals surface area contributed by atoms with E-state index in [0.29, 0.717) is 12.0 Å². The zero-order valence-corrected chi connectivity index (χ0v) is 12.2. The average molecular weight is 297 g/mol. The Morgan fingerprint density at radius 1 is 1.35 bits per heavy atom. The molecule has 0 spiro atoms. The maximum atomic E-state index is 12.3. The zero-order valence-electron chi connectivity index (χ0n) is 11.4. The predicted octanol–water partition coefficient (Wildman–Crippen LogP) is 1.47. The molecule has 1 fully saturated rings. The van der Waals surface area contributed by atoms with E-state index in [2.05, 4.69) is 4.72 Å². The number of hydrogen-bond acceptors (Lipinski definition) is 4. The Morgan fingerprint density at radius 2 is 2.10 bits per heavy atom. The summed E-state index contributed by atoms with van der Waals surface area (Å²) in [4.78, 5) is 11.4. The number of nitrogens with one attached hydrogen (secondary N) is 1. The fourth-order valence-electron chi connectivity index (χ4n) is 2.44. The molecule has 0 bridgehead atoms. The Bertz CT molecular complexity index is 597. The van der Waals surface area contributed by atoms with E-state index in [1.807, 2.05) is 0 Å². The summed E-state index contributed by atoms with van der Waals surface area (Å²) in [6, 6.07) is 5.75. The van der Waals surface area contributed by atoms with E-state index < -0.39 is 16.1 Å². The molecule has 2 rings (SSSR count). The van der Waals surface area contributed by atoms with Gasteiger partial charge in [0.2, 0.25) is 10.0 Å². The third-order valence-electron chi connectivity index (χ3n) is 3.52. The van der Waals surface area contributed by atoms with Crippen LogP contribution in [0.3, 0.4) is 0 Å². The maximum Gasteiger partial charge on any atom is 0.240 e. The van der Waals surface area contributed by atoms with Gasteiger partial charge in [-0.25, -0.2) is 13.1 Å². The van der Waals surface area contributed by atoms with Crippen LogP contribution in [0, 0.1) is 0 Å². The largest absolute Gasteiger partial charge is 0.393 e. The fraction of sp³-hybridized carbons (Fsp3) is 0.500. The number of aliphatic hydroxyl groups is 1. The van der Waals surface area contributed by atoms with Gasteiger partial charge in [-0.1, -0.05) is 12.1 Å². The Kier molecular flexibility index (Phi) is 4.57. The Morgan fingerprint density at radius 3 is 2.75 bits per heavy atom.